The minimum absolute atomic E-state index is 0.0400. The monoisotopic (exact) mass is 275 g/mol. The summed E-state index contributed by atoms with van der Waals surface area (Å²) in [5.41, 5.74) is 7.59. The third-order valence-electron chi connectivity index (χ3n) is 3.90. The molecule has 0 spiro atoms. The molecule has 1 amide bonds. The highest BCUT2D eigenvalue weighted by Gasteiger charge is 2.13. The molecule has 1 aromatic rings. The highest BCUT2D eigenvalue weighted by molar-refractivity contribution is 5.92. The van der Waals surface area contributed by atoms with Gasteiger partial charge in [0.25, 0.3) is 0 Å². The summed E-state index contributed by atoms with van der Waals surface area (Å²) in [6.07, 6.45) is 4.60. The Bertz CT molecular complexity index is 424. The van der Waals surface area contributed by atoms with E-state index in [-0.39, 0.29) is 11.8 Å². The number of carbonyl (C=O) groups excluding carboxylic acids is 1. The first-order valence-corrected chi connectivity index (χ1v) is 7.56. The van der Waals surface area contributed by atoms with Gasteiger partial charge in [-0.15, -0.1) is 0 Å². The molecule has 110 valence electrons. The first kappa shape index (κ1) is 14.9. The van der Waals surface area contributed by atoms with Crippen molar-refractivity contribution in [2.75, 3.05) is 29.9 Å². The second-order valence-electron chi connectivity index (χ2n) is 5.56. The highest BCUT2D eigenvalue weighted by Crippen LogP contribution is 2.22. The van der Waals surface area contributed by atoms with Crippen LogP contribution in [0.25, 0.3) is 0 Å². The van der Waals surface area contributed by atoms with Gasteiger partial charge in [-0.25, -0.2) is 0 Å². The maximum absolute atomic E-state index is 11.9. The number of carbonyl (C=O) groups is 1. The molecule has 4 nitrogen and oxygen atoms in total. The lowest BCUT2D eigenvalue weighted by atomic mass is 10.1. The van der Waals surface area contributed by atoms with E-state index in [0.29, 0.717) is 6.54 Å². The molecular formula is C16H25N3O. The van der Waals surface area contributed by atoms with E-state index in [1.165, 1.54) is 24.9 Å². The van der Waals surface area contributed by atoms with Crippen LogP contribution in [-0.2, 0) is 4.79 Å². The molecule has 1 saturated heterocycles. The number of nitrogens with two attached hydrogens (primary N) is 1. The SMILES string of the molecule is CC(CCN)C(=O)Nc1ccc(N2CCCCC2)cc1. The summed E-state index contributed by atoms with van der Waals surface area (Å²) in [5, 5.41) is 2.94. The Morgan fingerprint density at radius 1 is 1.25 bits per heavy atom. The van der Waals surface area contributed by atoms with Crippen molar-refractivity contribution in [3.63, 3.8) is 0 Å². The maximum atomic E-state index is 11.9. The van der Waals surface area contributed by atoms with Crippen molar-refractivity contribution in [1.29, 1.82) is 0 Å². The van der Waals surface area contributed by atoms with Gasteiger partial charge in [0, 0.05) is 30.4 Å². The van der Waals surface area contributed by atoms with E-state index in [1.807, 2.05) is 19.1 Å². The number of nitrogens with zero attached hydrogens (tertiary/aromatic N) is 1. The molecule has 1 aliphatic heterocycles. The number of amides is 1. The summed E-state index contributed by atoms with van der Waals surface area (Å²) in [7, 11) is 0. The van der Waals surface area contributed by atoms with Gasteiger partial charge < -0.3 is 16.0 Å². The smallest absolute Gasteiger partial charge is 0.227 e. The van der Waals surface area contributed by atoms with Crippen molar-refractivity contribution in [2.45, 2.75) is 32.6 Å². The van der Waals surface area contributed by atoms with E-state index in [4.69, 9.17) is 5.73 Å². The zero-order chi connectivity index (χ0) is 14.4. The lowest BCUT2D eigenvalue weighted by Gasteiger charge is -2.28. The van der Waals surface area contributed by atoms with Gasteiger partial charge in [0.05, 0.1) is 0 Å². The Morgan fingerprint density at radius 2 is 1.90 bits per heavy atom. The average Bonchev–Trinajstić information content (AvgIpc) is 2.49. The van der Waals surface area contributed by atoms with Crippen LogP contribution >= 0.6 is 0 Å². The number of piperidine rings is 1. The summed E-state index contributed by atoms with van der Waals surface area (Å²) < 4.78 is 0. The van der Waals surface area contributed by atoms with Gasteiger partial charge in [-0.05, 0) is 56.5 Å². The zero-order valence-electron chi connectivity index (χ0n) is 12.3. The molecule has 0 bridgehead atoms. The summed E-state index contributed by atoms with van der Waals surface area (Å²) >= 11 is 0. The molecule has 20 heavy (non-hydrogen) atoms. The Labute approximate surface area is 121 Å². The predicted octanol–water partition coefficient (Wildman–Crippen LogP) is 2.60. The second kappa shape index (κ2) is 7.29. The fraction of sp³-hybridized carbons (Fsp3) is 0.562. The molecule has 1 aromatic carbocycles. The lowest BCUT2D eigenvalue weighted by molar-refractivity contribution is -0.119. The van der Waals surface area contributed by atoms with Crippen molar-refractivity contribution >= 4 is 17.3 Å². The van der Waals surface area contributed by atoms with Crippen LogP contribution in [0.4, 0.5) is 11.4 Å². The molecule has 1 aliphatic rings. The van der Waals surface area contributed by atoms with Gasteiger partial charge in [-0.3, -0.25) is 4.79 Å². The number of nitrogens with one attached hydrogen (secondary N) is 1. The summed E-state index contributed by atoms with van der Waals surface area (Å²) in [6.45, 7) is 4.73. The second-order valence-corrected chi connectivity index (χ2v) is 5.56. The van der Waals surface area contributed by atoms with Gasteiger partial charge >= 0.3 is 0 Å². The highest BCUT2D eigenvalue weighted by atomic mass is 16.1. The molecule has 1 fully saturated rings. The molecule has 4 heteroatoms. The number of hydrogen-bond donors (Lipinski definition) is 2. The first-order valence-electron chi connectivity index (χ1n) is 7.56. The molecular weight excluding hydrogens is 250 g/mol. The molecule has 0 radical (unpaired) electrons. The minimum atomic E-state index is -0.0400. The van der Waals surface area contributed by atoms with Crippen molar-refractivity contribution in [3.05, 3.63) is 24.3 Å². The van der Waals surface area contributed by atoms with E-state index >= 15 is 0 Å². The largest absolute Gasteiger partial charge is 0.372 e. The van der Waals surface area contributed by atoms with E-state index in [0.717, 1.165) is 25.2 Å². The minimum Gasteiger partial charge on any atom is -0.372 e. The molecule has 2 rings (SSSR count). The third kappa shape index (κ3) is 3.97. The Kier molecular flexibility index (Phi) is 5.41. The van der Waals surface area contributed by atoms with E-state index in [9.17, 15) is 4.79 Å². The standard InChI is InChI=1S/C16H25N3O/c1-13(9-10-17)16(20)18-14-5-7-15(8-6-14)19-11-3-2-4-12-19/h5-8,13H,2-4,9-12,17H2,1H3,(H,18,20). The van der Waals surface area contributed by atoms with Gasteiger partial charge in [-0.1, -0.05) is 6.92 Å². The van der Waals surface area contributed by atoms with Gasteiger partial charge in [0.1, 0.15) is 0 Å². The number of benzene rings is 1. The molecule has 1 heterocycles. The topological polar surface area (TPSA) is 58.4 Å². The summed E-state index contributed by atoms with van der Waals surface area (Å²) in [6, 6.07) is 8.15. The molecule has 0 aromatic heterocycles. The van der Waals surface area contributed by atoms with Gasteiger partial charge in [-0.2, -0.15) is 0 Å². The molecule has 0 saturated carbocycles. The van der Waals surface area contributed by atoms with Crippen molar-refractivity contribution < 1.29 is 4.79 Å². The maximum Gasteiger partial charge on any atom is 0.227 e. The van der Waals surface area contributed by atoms with Crippen LogP contribution in [0.5, 0.6) is 0 Å². The van der Waals surface area contributed by atoms with E-state index < -0.39 is 0 Å². The van der Waals surface area contributed by atoms with Crippen LogP contribution in [0.1, 0.15) is 32.6 Å². The molecule has 1 unspecified atom stereocenters. The van der Waals surface area contributed by atoms with Crippen molar-refractivity contribution in [2.24, 2.45) is 11.7 Å². The van der Waals surface area contributed by atoms with Gasteiger partial charge in [0.15, 0.2) is 0 Å². The first-order chi connectivity index (χ1) is 9.70. The Morgan fingerprint density at radius 3 is 2.50 bits per heavy atom. The number of rotatable bonds is 5. The number of hydrogen-bond acceptors (Lipinski definition) is 3. The molecule has 3 N–H and O–H groups in total. The van der Waals surface area contributed by atoms with Crippen LogP contribution in [0.15, 0.2) is 24.3 Å². The quantitative estimate of drug-likeness (QED) is 0.868. The van der Waals surface area contributed by atoms with Crippen LogP contribution < -0.4 is 16.0 Å². The molecule has 0 aliphatic carbocycles. The van der Waals surface area contributed by atoms with Crippen LogP contribution in [0.3, 0.4) is 0 Å². The summed E-state index contributed by atoms with van der Waals surface area (Å²) in [4.78, 5) is 14.3. The fourth-order valence-corrected chi connectivity index (χ4v) is 2.55. The third-order valence-corrected chi connectivity index (χ3v) is 3.90. The Balaban J connectivity index is 1.92. The van der Waals surface area contributed by atoms with Crippen LogP contribution in [0, 0.1) is 5.92 Å². The van der Waals surface area contributed by atoms with Crippen LogP contribution in [0.2, 0.25) is 0 Å². The average molecular weight is 275 g/mol. The van der Waals surface area contributed by atoms with E-state index in [2.05, 4.69) is 22.3 Å². The normalized spacial score (nSPS) is 16.8. The van der Waals surface area contributed by atoms with Gasteiger partial charge in [0.2, 0.25) is 5.91 Å². The fourth-order valence-electron chi connectivity index (χ4n) is 2.55. The Hall–Kier alpha value is -1.55. The lowest BCUT2D eigenvalue weighted by Crippen LogP contribution is -2.29. The molecule has 1 atom stereocenters. The van der Waals surface area contributed by atoms with E-state index in [1.54, 1.807) is 0 Å². The van der Waals surface area contributed by atoms with Crippen LogP contribution in [-0.4, -0.2) is 25.5 Å². The van der Waals surface area contributed by atoms with Crippen molar-refractivity contribution in [3.8, 4) is 0 Å². The summed E-state index contributed by atoms with van der Waals surface area (Å²) in [5.74, 6) is 0.00273. The van der Waals surface area contributed by atoms with Crippen molar-refractivity contribution in [1.82, 2.24) is 0 Å². The zero-order valence-corrected chi connectivity index (χ0v) is 12.3. The number of anilines is 2. The predicted molar refractivity (Wildman–Crippen MR) is 84.0 cm³/mol.